The van der Waals surface area contributed by atoms with Gasteiger partial charge in [0.15, 0.2) is 11.5 Å². The van der Waals surface area contributed by atoms with Crippen LogP contribution < -0.4 is 19.7 Å². The molecule has 0 aliphatic carbocycles. The SMILES string of the molecule is CC1CCN(c2ccc(C(=O)NC(C)c3ccc4c(c3)OCCO4)cc2[N+](=O)[O-])CC1. The highest BCUT2D eigenvalue weighted by Crippen LogP contribution is 2.34. The van der Waals surface area contributed by atoms with Crippen molar-refractivity contribution in [1.29, 1.82) is 0 Å². The van der Waals surface area contributed by atoms with E-state index in [1.165, 1.54) is 6.07 Å². The van der Waals surface area contributed by atoms with Crippen LogP contribution in [0.2, 0.25) is 0 Å². The molecule has 1 N–H and O–H groups in total. The predicted molar refractivity (Wildman–Crippen MR) is 117 cm³/mol. The summed E-state index contributed by atoms with van der Waals surface area (Å²) in [5, 5.41) is 14.6. The number of carbonyl (C=O) groups is 1. The summed E-state index contributed by atoms with van der Waals surface area (Å²) < 4.78 is 11.1. The smallest absolute Gasteiger partial charge is 0.293 e. The lowest BCUT2D eigenvalue weighted by Gasteiger charge is -2.31. The van der Waals surface area contributed by atoms with E-state index in [0.717, 1.165) is 31.5 Å². The number of piperidine rings is 1. The highest BCUT2D eigenvalue weighted by molar-refractivity contribution is 5.96. The van der Waals surface area contributed by atoms with Crippen LogP contribution in [0.1, 0.15) is 48.7 Å². The predicted octanol–water partition coefficient (Wildman–Crippen LogP) is 4.09. The number of amides is 1. The minimum Gasteiger partial charge on any atom is -0.486 e. The first-order valence-corrected chi connectivity index (χ1v) is 10.7. The molecule has 0 aromatic heterocycles. The van der Waals surface area contributed by atoms with Gasteiger partial charge >= 0.3 is 0 Å². The number of nitrogens with zero attached hydrogens (tertiary/aromatic N) is 2. The average molecular weight is 425 g/mol. The van der Waals surface area contributed by atoms with Crippen molar-refractivity contribution in [2.45, 2.75) is 32.7 Å². The number of hydrogen-bond acceptors (Lipinski definition) is 6. The summed E-state index contributed by atoms with van der Waals surface area (Å²) in [6.45, 7) is 6.64. The molecule has 0 radical (unpaired) electrons. The van der Waals surface area contributed by atoms with Crippen molar-refractivity contribution in [1.82, 2.24) is 5.32 Å². The number of nitro benzene ring substituents is 1. The number of rotatable bonds is 5. The molecular formula is C23H27N3O5. The third kappa shape index (κ3) is 4.57. The molecule has 0 saturated carbocycles. The second-order valence-electron chi connectivity index (χ2n) is 8.23. The normalized spacial score (nSPS) is 17.2. The monoisotopic (exact) mass is 425 g/mol. The van der Waals surface area contributed by atoms with Gasteiger partial charge in [0.2, 0.25) is 0 Å². The maximum absolute atomic E-state index is 12.8. The van der Waals surface area contributed by atoms with E-state index in [4.69, 9.17) is 9.47 Å². The van der Waals surface area contributed by atoms with Crippen LogP contribution in [-0.2, 0) is 0 Å². The van der Waals surface area contributed by atoms with Gasteiger partial charge in [0.05, 0.1) is 11.0 Å². The molecule has 8 nitrogen and oxygen atoms in total. The molecule has 4 rings (SSSR count). The summed E-state index contributed by atoms with van der Waals surface area (Å²) >= 11 is 0. The second-order valence-corrected chi connectivity index (χ2v) is 8.23. The number of hydrogen-bond donors (Lipinski definition) is 1. The fourth-order valence-corrected chi connectivity index (χ4v) is 4.02. The summed E-state index contributed by atoms with van der Waals surface area (Å²) in [6.07, 6.45) is 2.01. The van der Waals surface area contributed by atoms with Crippen LogP contribution in [0, 0.1) is 16.0 Å². The van der Waals surface area contributed by atoms with Crippen LogP contribution in [0.4, 0.5) is 11.4 Å². The van der Waals surface area contributed by atoms with Crippen molar-refractivity contribution in [3.63, 3.8) is 0 Å². The summed E-state index contributed by atoms with van der Waals surface area (Å²) in [7, 11) is 0. The lowest BCUT2D eigenvalue weighted by molar-refractivity contribution is -0.384. The third-order valence-corrected chi connectivity index (χ3v) is 5.97. The number of nitro groups is 1. The molecule has 164 valence electrons. The Balaban J connectivity index is 1.50. The average Bonchev–Trinajstić information content (AvgIpc) is 2.78. The molecule has 1 amide bonds. The number of anilines is 1. The maximum Gasteiger partial charge on any atom is 0.293 e. The van der Waals surface area contributed by atoms with Crippen molar-refractivity contribution < 1.29 is 19.2 Å². The molecule has 31 heavy (non-hydrogen) atoms. The number of fused-ring (bicyclic) bond motifs is 1. The topological polar surface area (TPSA) is 93.9 Å². The van der Waals surface area contributed by atoms with Crippen molar-refractivity contribution >= 4 is 17.3 Å². The first-order valence-electron chi connectivity index (χ1n) is 10.7. The third-order valence-electron chi connectivity index (χ3n) is 5.97. The van der Waals surface area contributed by atoms with Crippen molar-refractivity contribution in [3.8, 4) is 11.5 Å². The number of ether oxygens (including phenoxy) is 2. The molecular weight excluding hydrogens is 398 g/mol. The molecule has 2 aliphatic heterocycles. The zero-order valence-corrected chi connectivity index (χ0v) is 17.8. The molecule has 2 aromatic rings. The quantitative estimate of drug-likeness (QED) is 0.573. The molecule has 0 spiro atoms. The van der Waals surface area contributed by atoms with Gasteiger partial charge in [-0.15, -0.1) is 0 Å². The van der Waals surface area contributed by atoms with Crippen molar-refractivity contribution in [2.24, 2.45) is 5.92 Å². The summed E-state index contributed by atoms with van der Waals surface area (Å²) in [5.41, 5.74) is 1.68. The van der Waals surface area contributed by atoms with E-state index >= 15 is 0 Å². The highest BCUT2D eigenvalue weighted by Gasteiger charge is 2.25. The summed E-state index contributed by atoms with van der Waals surface area (Å²) in [5.74, 6) is 1.61. The van der Waals surface area contributed by atoms with Crippen LogP contribution in [0.25, 0.3) is 0 Å². The fraction of sp³-hybridized carbons (Fsp3) is 0.435. The molecule has 1 unspecified atom stereocenters. The van der Waals surface area contributed by atoms with E-state index in [1.807, 2.05) is 30.0 Å². The fourth-order valence-electron chi connectivity index (χ4n) is 4.02. The van der Waals surface area contributed by atoms with E-state index in [0.29, 0.717) is 36.3 Å². The first-order chi connectivity index (χ1) is 14.9. The Hall–Kier alpha value is -3.29. The summed E-state index contributed by atoms with van der Waals surface area (Å²) in [6, 6.07) is 9.98. The Morgan fingerprint density at radius 1 is 1.13 bits per heavy atom. The number of benzene rings is 2. The molecule has 1 atom stereocenters. The van der Waals surface area contributed by atoms with Gasteiger partial charge < -0.3 is 19.7 Å². The van der Waals surface area contributed by atoms with Crippen LogP contribution >= 0.6 is 0 Å². The Kier molecular flexibility index (Phi) is 5.97. The van der Waals surface area contributed by atoms with E-state index in [2.05, 4.69) is 12.2 Å². The minimum atomic E-state index is -0.408. The van der Waals surface area contributed by atoms with Gasteiger partial charge in [0.25, 0.3) is 11.6 Å². The molecule has 1 saturated heterocycles. The van der Waals surface area contributed by atoms with Gasteiger partial charge in [-0.2, -0.15) is 0 Å². The van der Waals surface area contributed by atoms with Gasteiger partial charge in [-0.1, -0.05) is 13.0 Å². The van der Waals surface area contributed by atoms with E-state index < -0.39 is 4.92 Å². The zero-order valence-electron chi connectivity index (χ0n) is 17.8. The minimum absolute atomic E-state index is 0.0332. The van der Waals surface area contributed by atoms with Crippen LogP contribution in [0.3, 0.4) is 0 Å². The lowest BCUT2D eigenvalue weighted by atomic mass is 9.98. The highest BCUT2D eigenvalue weighted by atomic mass is 16.6. The number of carbonyl (C=O) groups excluding carboxylic acids is 1. The van der Waals surface area contributed by atoms with E-state index in [1.54, 1.807) is 12.1 Å². The van der Waals surface area contributed by atoms with Crippen LogP contribution in [-0.4, -0.2) is 37.1 Å². The van der Waals surface area contributed by atoms with E-state index in [9.17, 15) is 14.9 Å². The molecule has 8 heteroatoms. The Bertz CT molecular complexity index is 985. The molecule has 2 heterocycles. The van der Waals surface area contributed by atoms with Gasteiger partial charge in [0, 0.05) is 24.7 Å². The van der Waals surface area contributed by atoms with Gasteiger partial charge in [0.1, 0.15) is 18.9 Å². The summed E-state index contributed by atoms with van der Waals surface area (Å²) in [4.78, 5) is 26.2. The second kappa shape index (κ2) is 8.83. The maximum atomic E-state index is 12.8. The Morgan fingerprint density at radius 3 is 2.55 bits per heavy atom. The van der Waals surface area contributed by atoms with Gasteiger partial charge in [-0.3, -0.25) is 14.9 Å². The van der Waals surface area contributed by atoms with Crippen molar-refractivity contribution in [2.75, 3.05) is 31.2 Å². The van der Waals surface area contributed by atoms with Gasteiger partial charge in [-0.25, -0.2) is 0 Å². The lowest BCUT2D eigenvalue weighted by Crippen LogP contribution is -2.33. The molecule has 2 aliphatic rings. The number of nitrogens with one attached hydrogen (secondary N) is 1. The molecule has 0 bridgehead atoms. The first kappa shape index (κ1) is 21.0. The Labute approximate surface area is 181 Å². The zero-order chi connectivity index (χ0) is 22.0. The standard InChI is InChI=1S/C23H27N3O5/c1-15-7-9-25(10-8-15)19-5-3-18(13-20(19)26(28)29)23(27)24-16(2)17-4-6-21-22(14-17)31-12-11-30-21/h3-6,13-16H,7-12H2,1-2H3,(H,24,27). The van der Waals surface area contributed by atoms with Crippen LogP contribution in [0.5, 0.6) is 11.5 Å². The van der Waals surface area contributed by atoms with Gasteiger partial charge in [-0.05, 0) is 55.5 Å². The molecule has 2 aromatic carbocycles. The van der Waals surface area contributed by atoms with Crippen molar-refractivity contribution in [3.05, 3.63) is 57.6 Å². The van der Waals surface area contributed by atoms with E-state index in [-0.39, 0.29) is 23.2 Å². The largest absolute Gasteiger partial charge is 0.486 e. The van der Waals surface area contributed by atoms with Crippen LogP contribution in [0.15, 0.2) is 36.4 Å². The molecule has 1 fully saturated rings. The Morgan fingerprint density at radius 2 is 1.84 bits per heavy atom.